The Morgan fingerprint density at radius 2 is 1.77 bits per heavy atom. The number of carbonyl (C=O) groups is 4. The number of amides is 3. The molecule has 2 heterocycles. The first-order valence-electron chi connectivity index (χ1n) is 17.6. The lowest BCUT2D eigenvalue weighted by Crippen LogP contribution is -2.57. The summed E-state index contributed by atoms with van der Waals surface area (Å²) in [7, 11) is -2.45. The molecule has 0 bridgehead atoms. The monoisotopic (exact) mass is 741 g/mol. The number of nitrogens with zero attached hydrogens (tertiary/aromatic N) is 3. The van der Waals surface area contributed by atoms with Crippen LogP contribution < -0.4 is 19.5 Å². The minimum Gasteiger partial charge on any atom is -0.497 e. The second-order valence-electron chi connectivity index (χ2n) is 16.6. The van der Waals surface area contributed by atoms with Crippen molar-refractivity contribution in [1.82, 2.24) is 24.9 Å². The maximum atomic E-state index is 14.5. The lowest BCUT2D eigenvalue weighted by atomic mass is 9.77. The van der Waals surface area contributed by atoms with Gasteiger partial charge in [0.15, 0.2) is 0 Å². The molecule has 0 spiro atoms. The molecular weight excluding hydrogens is 691 g/mol. The number of nitrogens with one attached hydrogen (secondary N) is 2. The van der Waals surface area contributed by atoms with E-state index in [-0.39, 0.29) is 31.7 Å². The number of aryl methyl sites for hydroxylation is 1. The smallest absolute Gasteiger partial charge is 0.307 e. The summed E-state index contributed by atoms with van der Waals surface area (Å²) in [6.45, 7) is 17.8. The quantitative estimate of drug-likeness (QED) is 0.239. The highest BCUT2D eigenvalue weighted by molar-refractivity contribution is 7.91. The lowest BCUT2D eigenvalue weighted by molar-refractivity contribution is -0.161. The number of likely N-dealkylation sites (tertiary alicyclic amines) is 1. The minimum absolute atomic E-state index is 0.0188. The molecular formula is C37H51N5O9S. The number of hydrogen-bond donors (Lipinski definition) is 2. The van der Waals surface area contributed by atoms with Crippen LogP contribution in [0.25, 0.3) is 11.0 Å². The number of sulfonamides is 1. The van der Waals surface area contributed by atoms with Crippen LogP contribution in [0, 0.1) is 24.2 Å². The number of ether oxygens (including phenoxy) is 3. The standard InChI is InChI=1S/C37H51N5O9S/c1-11-22-19-37(22,33(46)41-52(47,48)36(9)14-15-36)40-30(44)28-17-24(50-31-21(2)38-26-13-12-23(49-10)16-27(26)39-31)20-42(28)32(45)25(34(3,4)5)18-29(43)51-35(6,7)8/h11-13,16,22,24-25,28H,1,14-15,17-20H2,2-10H3,(H,40,44)(H,41,46)/t22-,24-,25-,28+,37-/m1/s1. The molecule has 5 atom stereocenters. The Bertz CT molecular complexity index is 1900. The van der Waals surface area contributed by atoms with Gasteiger partial charge >= 0.3 is 5.97 Å². The topological polar surface area (TPSA) is 183 Å². The molecule has 15 heteroatoms. The Morgan fingerprint density at radius 3 is 2.33 bits per heavy atom. The third kappa shape index (κ3) is 8.03. The van der Waals surface area contributed by atoms with Crippen LogP contribution in [0.1, 0.15) is 86.3 Å². The van der Waals surface area contributed by atoms with Crippen molar-refractivity contribution in [2.45, 2.75) is 116 Å². The van der Waals surface area contributed by atoms with Gasteiger partial charge in [0.25, 0.3) is 5.91 Å². The molecule has 2 aliphatic carbocycles. The predicted octanol–water partition coefficient (Wildman–Crippen LogP) is 3.75. The van der Waals surface area contributed by atoms with Crippen molar-refractivity contribution in [3.8, 4) is 11.6 Å². The molecule has 52 heavy (non-hydrogen) atoms. The number of carbonyl (C=O) groups excluding carboxylic acids is 4. The number of esters is 1. The second-order valence-corrected chi connectivity index (χ2v) is 18.7. The highest BCUT2D eigenvalue weighted by atomic mass is 32.2. The molecule has 2 aromatic rings. The molecule has 1 aliphatic heterocycles. The molecule has 14 nitrogen and oxygen atoms in total. The molecule has 3 fully saturated rings. The lowest BCUT2D eigenvalue weighted by Gasteiger charge is -2.35. The molecule has 0 radical (unpaired) electrons. The van der Waals surface area contributed by atoms with Crippen LogP contribution in [0.5, 0.6) is 11.6 Å². The average molecular weight is 742 g/mol. The zero-order chi connectivity index (χ0) is 38.6. The zero-order valence-electron chi connectivity index (χ0n) is 31.5. The molecule has 284 valence electrons. The van der Waals surface area contributed by atoms with Gasteiger partial charge in [-0.2, -0.15) is 0 Å². The number of rotatable bonds is 12. The fourth-order valence-electron chi connectivity index (χ4n) is 6.51. The summed E-state index contributed by atoms with van der Waals surface area (Å²) in [5.74, 6) is -3.15. The molecule has 3 aliphatic rings. The summed E-state index contributed by atoms with van der Waals surface area (Å²) in [5.41, 5.74) is -1.41. The fourth-order valence-corrected chi connectivity index (χ4v) is 7.82. The highest BCUT2D eigenvalue weighted by Gasteiger charge is 2.63. The molecule has 2 saturated carbocycles. The van der Waals surface area contributed by atoms with Crippen molar-refractivity contribution in [2.24, 2.45) is 17.3 Å². The van der Waals surface area contributed by atoms with E-state index in [9.17, 15) is 27.6 Å². The third-order valence-corrected chi connectivity index (χ3v) is 12.3. The van der Waals surface area contributed by atoms with Crippen molar-refractivity contribution in [1.29, 1.82) is 0 Å². The van der Waals surface area contributed by atoms with Gasteiger partial charge in [-0.25, -0.2) is 18.4 Å². The molecule has 1 aromatic carbocycles. The third-order valence-electron chi connectivity index (χ3n) is 10.1. The molecule has 3 amide bonds. The Labute approximate surface area is 305 Å². The van der Waals surface area contributed by atoms with Gasteiger partial charge in [-0.05, 0) is 71.4 Å². The van der Waals surface area contributed by atoms with Gasteiger partial charge in [0.1, 0.15) is 34.7 Å². The normalized spacial score (nSPS) is 24.4. The summed E-state index contributed by atoms with van der Waals surface area (Å²) in [6, 6.07) is 4.14. The molecule has 2 N–H and O–H groups in total. The Kier molecular flexibility index (Phi) is 10.2. The van der Waals surface area contributed by atoms with Crippen molar-refractivity contribution < 1.29 is 41.8 Å². The van der Waals surface area contributed by atoms with Gasteiger partial charge in [-0.3, -0.25) is 23.9 Å². The van der Waals surface area contributed by atoms with E-state index < -0.39 is 79.0 Å². The second kappa shape index (κ2) is 13.6. The number of fused-ring (bicyclic) bond motifs is 1. The van der Waals surface area contributed by atoms with Crippen LogP contribution in [0.2, 0.25) is 0 Å². The average Bonchev–Trinajstić information content (AvgIpc) is 3.92. The minimum atomic E-state index is -3.99. The van der Waals surface area contributed by atoms with E-state index in [1.807, 2.05) is 20.8 Å². The van der Waals surface area contributed by atoms with Crippen LogP contribution in [0.3, 0.4) is 0 Å². The van der Waals surface area contributed by atoms with Crippen molar-refractivity contribution >= 4 is 44.7 Å². The van der Waals surface area contributed by atoms with Crippen LogP contribution in [0.4, 0.5) is 0 Å². The SMILES string of the molecule is C=C[C@@H]1C[C@]1(NC(=O)[C@@H]1C[C@@H](Oc2nc3cc(OC)ccc3nc2C)CN1C(=O)[C@@H](CC(=O)OC(C)(C)C)C(C)(C)C)C(=O)NS(=O)(=O)C1(C)CC1. The van der Waals surface area contributed by atoms with Gasteiger partial charge in [-0.15, -0.1) is 6.58 Å². The molecule has 1 aromatic heterocycles. The van der Waals surface area contributed by atoms with E-state index in [0.717, 1.165) is 0 Å². The largest absolute Gasteiger partial charge is 0.497 e. The van der Waals surface area contributed by atoms with E-state index in [4.69, 9.17) is 14.2 Å². The maximum absolute atomic E-state index is 14.5. The Morgan fingerprint density at radius 1 is 1.10 bits per heavy atom. The predicted molar refractivity (Wildman–Crippen MR) is 193 cm³/mol. The molecule has 1 saturated heterocycles. The van der Waals surface area contributed by atoms with Crippen LogP contribution in [0.15, 0.2) is 30.9 Å². The first-order chi connectivity index (χ1) is 24.0. The fraction of sp³-hybridized carbons (Fsp3) is 0.622. The van der Waals surface area contributed by atoms with Crippen LogP contribution in [-0.2, 0) is 33.9 Å². The summed E-state index contributed by atoms with van der Waals surface area (Å²) >= 11 is 0. The van der Waals surface area contributed by atoms with Gasteiger partial charge in [-0.1, -0.05) is 26.8 Å². The van der Waals surface area contributed by atoms with Gasteiger partial charge < -0.3 is 24.4 Å². The zero-order valence-corrected chi connectivity index (χ0v) is 32.3. The van der Waals surface area contributed by atoms with E-state index in [1.165, 1.54) is 11.0 Å². The van der Waals surface area contributed by atoms with Crippen molar-refractivity contribution in [3.05, 3.63) is 36.5 Å². The number of hydrogen-bond acceptors (Lipinski definition) is 11. The van der Waals surface area contributed by atoms with E-state index >= 15 is 0 Å². The number of benzene rings is 1. The first kappa shape index (κ1) is 38.9. The van der Waals surface area contributed by atoms with Gasteiger partial charge in [0.05, 0.1) is 41.8 Å². The van der Waals surface area contributed by atoms with E-state index in [0.29, 0.717) is 35.3 Å². The van der Waals surface area contributed by atoms with Gasteiger partial charge in [0, 0.05) is 18.4 Å². The summed E-state index contributed by atoms with van der Waals surface area (Å²) in [5, 5.41) is 2.80. The van der Waals surface area contributed by atoms with E-state index in [2.05, 4.69) is 26.6 Å². The summed E-state index contributed by atoms with van der Waals surface area (Å²) in [4.78, 5) is 66.1. The highest BCUT2D eigenvalue weighted by Crippen LogP contribution is 2.47. The van der Waals surface area contributed by atoms with E-state index in [1.54, 1.807) is 59.9 Å². The van der Waals surface area contributed by atoms with Crippen molar-refractivity contribution in [3.63, 3.8) is 0 Å². The Hall–Kier alpha value is -4.27. The summed E-state index contributed by atoms with van der Waals surface area (Å²) < 4.78 is 44.4. The molecule has 5 rings (SSSR count). The van der Waals surface area contributed by atoms with Crippen LogP contribution in [-0.4, -0.2) is 88.7 Å². The Balaban J connectivity index is 1.45. The van der Waals surface area contributed by atoms with Gasteiger partial charge in [0.2, 0.25) is 27.7 Å². The number of methoxy groups -OCH3 is 1. The molecule has 0 unspecified atom stereocenters. The first-order valence-corrected chi connectivity index (χ1v) is 19.0. The summed E-state index contributed by atoms with van der Waals surface area (Å²) in [6.07, 6.45) is 1.55. The van der Waals surface area contributed by atoms with Crippen LogP contribution >= 0.6 is 0 Å². The van der Waals surface area contributed by atoms with Crippen molar-refractivity contribution in [2.75, 3.05) is 13.7 Å². The maximum Gasteiger partial charge on any atom is 0.307 e. The number of aromatic nitrogens is 2.